The van der Waals surface area contributed by atoms with Gasteiger partial charge in [0.25, 0.3) is 0 Å². The highest BCUT2D eigenvalue weighted by molar-refractivity contribution is 6.10. The maximum atomic E-state index is 14.5. The summed E-state index contributed by atoms with van der Waals surface area (Å²) in [7, 11) is 0. The molecule has 4 nitrogen and oxygen atoms in total. The third-order valence-electron chi connectivity index (χ3n) is 13.8. The van der Waals surface area contributed by atoms with Gasteiger partial charge in [-0.15, -0.1) is 0 Å². The van der Waals surface area contributed by atoms with Crippen LogP contribution in [0.3, 0.4) is 0 Å². The summed E-state index contributed by atoms with van der Waals surface area (Å²) in [6.07, 6.45) is 12.6. The van der Waals surface area contributed by atoms with Gasteiger partial charge in [-0.2, -0.15) is 0 Å². The molecule has 6 aliphatic carbocycles. The molecule has 232 valence electrons. The molecule has 44 heavy (non-hydrogen) atoms. The van der Waals surface area contributed by atoms with Crippen LogP contribution in [-0.2, 0) is 13.0 Å². The molecule has 2 N–H and O–H groups in total. The average Bonchev–Trinajstić information content (AvgIpc) is 3.28. The molecule has 2 aromatic carbocycles. The summed E-state index contributed by atoms with van der Waals surface area (Å²) >= 11 is 0. The van der Waals surface area contributed by atoms with Crippen LogP contribution in [0.5, 0.6) is 0 Å². The third kappa shape index (κ3) is 3.62. The summed E-state index contributed by atoms with van der Waals surface area (Å²) in [4.78, 5) is 16.9. The highest BCUT2D eigenvalue weighted by Crippen LogP contribution is 2.78. The molecule has 1 aliphatic heterocycles. The lowest BCUT2D eigenvalue weighted by atomic mass is 9.32. The number of hydrogen-bond acceptors (Lipinski definition) is 4. The lowest BCUT2D eigenvalue weighted by molar-refractivity contribution is -0.176. The van der Waals surface area contributed by atoms with Gasteiger partial charge in [0, 0.05) is 47.0 Å². The zero-order valence-corrected chi connectivity index (χ0v) is 25.8. The number of Topliss-reactive ketones (excluding diaryl/α,β-unsaturated/α-hetero) is 1. The van der Waals surface area contributed by atoms with Gasteiger partial charge in [-0.25, -0.2) is 8.78 Å². The van der Waals surface area contributed by atoms with E-state index in [0.717, 1.165) is 63.7 Å². The molecule has 2 aromatic rings. The first-order valence-electron chi connectivity index (χ1n) is 16.6. The Balaban J connectivity index is 1.22. The van der Waals surface area contributed by atoms with Gasteiger partial charge in [0.15, 0.2) is 17.4 Å². The number of fused-ring (bicyclic) bond motifs is 2. The molecule has 3 saturated carbocycles. The maximum absolute atomic E-state index is 14.5. The first-order valence-corrected chi connectivity index (χ1v) is 16.6. The summed E-state index contributed by atoms with van der Waals surface area (Å²) < 4.78 is 28.4. The Bertz CT molecular complexity index is 1620. The van der Waals surface area contributed by atoms with Crippen LogP contribution in [0.25, 0.3) is 0 Å². The van der Waals surface area contributed by atoms with Crippen LogP contribution >= 0.6 is 0 Å². The molecule has 2 bridgehead atoms. The molecule has 8 unspecified atom stereocenters. The second-order valence-electron chi connectivity index (χ2n) is 15.5. The molecule has 0 saturated heterocycles. The van der Waals surface area contributed by atoms with Crippen molar-refractivity contribution in [1.82, 2.24) is 4.90 Å². The second kappa shape index (κ2) is 9.43. The van der Waals surface area contributed by atoms with E-state index in [-0.39, 0.29) is 28.6 Å². The summed E-state index contributed by atoms with van der Waals surface area (Å²) in [6.45, 7) is 6.95. The molecule has 0 aromatic heterocycles. The van der Waals surface area contributed by atoms with Crippen LogP contribution in [-0.4, -0.2) is 45.7 Å². The highest BCUT2D eigenvalue weighted by atomic mass is 19.2. The summed E-state index contributed by atoms with van der Waals surface area (Å²) in [5.41, 5.74) is 0.969. The van der Waals surface area contributed by atoms with Crippen molar-refractivity contribution < 1.29 is 23.8 Å². The lowest BCUT2D eigenvalue weighted by Gasteiger charge is -2.71. The quantitative estimate of drug-likeness (QED) is 0.300. The molecule has 3 fully saturated rings. The zero-order valence-electron chi connectivity index (χ0n) is 25.8. The smallest absolute Gasteiger partial charge is 0.189 e. The van der Waals surface area contributed by atoms with Gasteiger partial charge in [-0.3, -0.25) is 9.69 Å². The van der Waals surface area contributed by atoms with Gasteiger partial charge in [-0.1, -0.05) is 56.3 Å². The molecule has 0 radical (unpaired) electrons. The summed E-state index contributed by atoms with van der Waals surface area (Å²) in [5.74, 6) is -2.07. The Kier molecular flexibility index (Phi) is 6.17. The van der Waals surface area contributed by atoms with Gasteiger partial charge in [0.1, 0.15) is 0 Å². The van der Waals surface area contributed by atoms with E-state index in [4.69, 9.17) is 0 Å². The molecule has 6 heteroatoms. The maximum Gasteiger partial charge on any atom is 0.189 e. The number of ketones is 1. The monoisotopic (exact) mass is 599 g/mol. The van der Waals surface area contributed by atoms with Gasteiger partial charge < -0.3 is 10.2 Å². The largest absolute Gasteiger partial charge is 0.393 e. The molecule has 1 heterocycles. The van der Waals surface area contributed by atoms with Crippen molar-refractivity contribution in [3.8, 4) is 0 Å². The van der Waals surface area contributed by atoms with Crippen molar-refractivity contribution in [2.24, 2.45) is 33.5 Å². The Morgan fingerprint density at radius 1 is 0.932 bits per heavy atom. The predicted octanol–water partition coefficient (Wildman–Crippen LogP) is 6.80. The molecule has 7 aliphatic rings. The van der Waals surface area contributed by atoms with Crippen molar-refractivity contribution in [3.63, 3.8) is 0 Å². The minimum absolute atomic E-state index is 0.0227. The van der Waals surface area contributed by atoms with Crippen LogP contribution in [0.15, 0.2) is 66.3 Å². The minimum Gasteiger partial charge on any atom is -0.393 e. The van der Waals surface area contributed by atoms with Crippen LogP contribution in [0.2, 0.25) is 0 Å². The van der Waals surface area contributed by atoms with Crippen LogP contribution in [0.1, 0.15) is 80.3 Å². The lowest BCUT2D eigenvalue weighted by Crippen LogP contribution is -2.67. The summed E-state index contributed by atoms with van der Waals surface area (Å²) in [5, 5.41) is 23.6. The second-order valence-corrected chi connectivity index (χ2v) is 15.5. The van der Waals surface area contributed by atoms with Crippen LogP contribution in [0.4, 0.5) is 8.78 Å². The number of allylic oxidation sites excluding steroid dienone is 4. The van der Waals surface area contributed by atoms with Crippen LogP contribution in [0, 0.1) is 45.1 Å². The topological polar surface area (TPSA) is 60.8 Å². The predicted molar refractivity (Wildman–Crippen MR) is 165 cm³/mol. The first-order chi connectivity index (χ1) is 20.9. The Morgan fingerprint density at radius 2 is 1.66 bits per heavy atom. The van der Waals surface area contributed by atoms with E-state index in [9.17, 15) is 23.8 Å². The van der Waals surface area contributed by atoms with E-state index >= 15 is 0 Å². The number of aliphatic hydroxyl groups is 2. The van der Waals surface area contributed by atoms with E-state index in [0.29, 0.717) is 25.0 Å². The first kappa shape index (κ1) is 28.8. The third-order valence-corrected chi connectivity index (χ3v) is 13.8. The number of carbonyl (C=O) groups is 1. The van der Waals surface area contributed by atoms with Crippen molar-refractivity contribution in [2.45, 2.75) is 83.5 Å². The Morgan fingerprint density at radius 3 is 2.45 bits per heavy atom. The van der Waals surface area contributed by atoms with E-state index in [1.807, 2.05) is 0 Å². The highest BCUT2D eigenvalue weighted by Gasteiger charge is 2.74. The van der Waals surface area contributed by atoms with Crippen molar-refractivity contribution in [2.75, 3.05) is 13.1 Å². The van der Waals surface area contributed by atoms with E-state index in [2.05, 4.69) is 61.2 Å². The minimum atomic E-state index is -1.02. The van der Waals surface area contributed by atoms with Crippen molar-refractivity contribution in [1.29, 1.82) is 0 Å². The zero-order chi connectivity index (χ0) is 30.7. The molecular formula is C38H43F2NO3. The van der Waals surface area contributed by atoms with E-state index in [1.54, 1.807) is 0 Å². The van der Waals surface area contributed by atoms with E-state index < -0.39 is 39.6 Å². The standard InChI is InChI=1S/C38H43F2NO3/c1-34-13-9-27(42)20-36(34)16-17-38(28(21-36)33(43)25-7-8-29(39)30(40)19-25)31(34)10-14-35(2)32(38)11-15-37(35,44)23-41-18-12-24-5-3-4-6-26(24)22-41/h3-8,16-17,19,21,27,31-32,42,44H,9-15,18,20,22-23H2,1-2H3. The molecule has 8 atom stereocenters. The normalized spacial score (nSPS) is 42.2. The molecule has 9 rings (SSSR count). The van der Waals surface area contributed by atoms with E-state index in [1.165, 1.54) is 17.2 Å². The number of nitrogens with zero attached hydrogens (tertiary/aromatic N) is 1. The number of β-amino-alcohol motifs (C(OH)–C–C–N with tert-alkyl or cyclic N) is 1. The van der Waals surface area contributed by atoms with Gasteiger partial charge in [0.2, 0.25) is 0 Å². The molecule has 0 amide bonds. The van der Waals surface area contributed by atoms with Gasteiger partial charge >= 0.3 is 0 Å². The van der Waals surface area contributed by atoms with Gasteiger partial charge in [0.05, 0.1) is 11.7 Å². The molecule has 2 spiro atoms. The van der Waals surface area contributed by atoms with Crippen molar-refractivity contribution in [3.05, 3.63) is 94.6 Å². The number of hydrogen-bond donors (Lipinski definition) is 2. The fourth-order valence-corrected chi connectivity index (χ4v) is 11.4. The Labute approximate surface area is 258 Å². The fraction of sp³-hybridized carbons (Fsp3) is 0.553. The fourth-order valence-electron chi connectivity index (χ4n) is 11.4. The number of benzene rings is 2. The van der Waals surface area contributed by atoms with Gasteiger partial charge in [-0.05, 0) is 97.9 Å². The number of halogens is 2. The number of aliphatic hydroxyl groups excluding tert-OH is 1. The number of rotatable bonds is 4. The van der Waals surface area contributed by atoms with Crippen LogP contribution < -0.4 is 0 Å². The number of carbonyl (C=O) groups excluding carboxylic acids is 1. The Hall–Kier alpha value is -2.67. The SMILES string of the molecule is CC12CCC(O)CC13C=CC1(C(C(=O)c4ccc(F)c(F)c4)=C3)C2CCC2(C)C1CCC2(O)CN1CCc2ccccc2C1. The van der Waals surface area contributed by atoms with Crippen molar-refractivity contribution >= 4 is 5.78 Å². The molecular weight excluding hydrogens is 556 g/mol. The summed E-state index contributed by atoms with van der Waals surface area (Å²) in [6, 6.07) is 12.1. The average molecular weight is 600 g/mol.